The summed E-state index contributed by atoms with van der Waals surface area (Å²) in [5, 5.41) is 0. The van der Waals surface area contributed by atoms with Gasteiger partial charge in [-0.15, -0.1) is 0 Å². The first-order valence-corrected chi connectivity index (χ1v) is 5.59. The number of halogens is 1. The summed E-state index contributed by atoms with van der Waals surface area (Å²) in [5.74, 6) is 0.453. The second-order valence-corrected chi connectivity index (χ2v) is 4.50. The van der Waals surface area contributed by atoms with Gasteiger partial charge < -0.3 is 0 Å². The Morgan fingerprint density at radius 3 is 2.71 bits per heavy atom. The van der Waals surface area contributed by atoms with E-state index < -0.39 is 0 Å². The summed E-state index contributed by atoms with van der Waals surface area (Å²) < 4.78 is 2.25. The second-order valence-electron chi connectivity index (χ2n) is 3.71. The molecule has 1 aromatic rings. The lowest BCUT2D eigenvalue weighted by molar-refractivity contribution is 0.502. The summed E-state index contributed by atoms with van der Waals surface area (Å²) in [6.45, 7) is 6.86. The molecule has 14 heavy (non-hydrogen) atoms. The summed E-state index contributed by atoms with van der Waals surface area (Å²) in [4.78, 5) is 16.0. The van der Waals surface area contributed by atoms with E-state index in [1.807, 2.05) is 6.92 Å². The quantitative estimate of drug-likeness (QED) is 0.834. The van der Waals surface area contributed by atoms with Crippen LogP contribution in [0, 0.1) is 5.92 Å². The number of nitrogens with zero attached hydrogens (tertiary/aromatic N) is 2. The molecular weight excluding hydrogens is 244 g/mol. The predicted molar refractivity (Wildman–Crippen MR) is 60.4 cm³/mol. The number of aryl methyl sites for hydroxylation is 1. The maximum absolute atomic E-state index is 11.8. The fourth-order valence-corrected chi connectivity index (χ4v) is 1.88. The Labute approximate surface area is 92.3 Å². The third kappa shape index (κ3) is 2.44. The molecule has 4 heteroatoms. The lowest BCUT2D eigenvalue weighted by Gasteiger charge is -2.09. The zero-order chi connectivity index (χ0) is 10.7. The van der Waals surface area contributed by atoms with Crippen molar-refractivity contribution in [3.8, 4) is 0 Å². The van der Waals surface area contributed by atoms with Gasteiger partial charge in [0.2, 0.25) is 0 Å². The van der Waals surface area contributed by atoms with Gasteiger partial charge in [0.25, 0.3) is 5.56 Å². The zero-order valence-corrected chi connectivity index (χ0v) is 10.3. The van der Waals surface area contributed by atoms with Gasteiger partial charge in [-0.3, -0.25) is 9.36 Å². The molecule has 1 aromatic heterocycles. The second kappa shape index (κ2) is 4.73. The van der Waals surface area contributed by atoms with Crippen LogP contribution < -0.4 is 5.56 Å². The third-order valence-corrected chi connectivity index (χ3v) is 2.75. The zero-order valence-electron chi connectivity index (χ0n) is 8.75. The van der Waals surface area contributed by atoms with Gasteiger partial charge in [-0.05, 0) is 28.3 Å². The molecule has 0 saturated heterocycles. The molecule has 0 bridgehead atoms. The van der Waals surface area contributed by atoms with E-state index in [-0.39, 0.29) is 5.56 Å². The molecule has 0 N–H and O–H groups in total. The smallest absolute Gasteiger partial charge is 0.267 e. The lowest BCUT2D eigenvalue weighted by atomic mass is 10.2. The standard InChI is InChI=1S/C10H15BrN2O/c1-4-8-9(11)10(14)13(6-12-8)5-7(2)3/h6-7H,4-5H2,1-3H3. The molecule has 0 aliphatic rings. The average molecular weight is 259 g/mol. The summed E-state index contributed by atoms with van der Waals surface area (Å²) in [6.07, 6.45) is 2.41. The Morgan fingerprint density at radius 2 is 2.21 bits per heavy atom. The van der Waals surface area contributed by atoms with E-state index in [2.05, 4.69) is 34.8 Å². The van der Waals surface area contributed by atoms with Crippen LogP contribution in [-0.2, 0) is 13.0 Å². The van der Waals surface area contributed by atoms with E-state index in [9.17, 15) is 4.79 Å². The van der Waals surface area contributed by atoms with Gasteiger partial charge in [0.1, 0.15) is 4.47 Å². The van der Waals surface area contributed by atoms with Crippen LogP contribution in [0.15, 0.2) is 15.6 Å². The van der Waals surface area contributed by atoms with Crippen molar-refractivity contribution in [1.82, 2.24) is 9.55 Å². The van der Waals surface area contributed by atoms with Gasteiger partial charge in [-0.25, -0.2) is 4.98 Å². The van der Waals surface area contributed by atoms with Crippen molar-refractivity contribution < 1.29 is 0 Å². The highest BCUT2D eigenvalue weighted by Gasteiger charge is 2.07. The maximum atomic E-state index is 11.8. The first-order valence-electron chi connectivity index (χ1n) is 4.80. The molecule has 0 saturated carbocycles. The summed E-state index contributed by atoms with van der Waals surface area (Å²) in [6, 6.07) is 0. The van der Waals surface area contributed by atoms with E-state index in [0.717, 1.165) is 12.1 Å². The topological polar surface area (TPSA) is 34.9 Å². The van der Waals surface area contributed by atoms with Crippen LogP contribution in [0.3, 0.4) is 0 Å². The third-order valence-electron chi connectivity index (χ3n) is 1.95. The minimum atomic E-state index is 0.0190. The van der Waals surface area contributed by atoms with Crippen LogP contribution in [0.4, 0.5) is 0 Å². The molecule has 0 fully saturated rings. The Kier molecular flexibility index (Phi) is 3.86. The molecule has 0 aromatic carbocycles. The highest BCUT2D eigenvalue weighted by Crippen LogP contribution is 2.09. The van der Waals surface area contributed by atoms with Gasteiger partial charge >= 0.3 is 0 Å². The summed E-state index contributed by atoms with van der Waals surface area (Å²) in [7, 11) is 0. The molecule has 0 aliphatic heterocycles. The molecule has 0 radical (unpaired) electrons. The molecule has 0 spiro atoms. The monoisotopic (exact) mass is 258 g/mol. The van der Waals surface area contributed by atoms with E-state index in [1.165, 1.54) is 0 Å². The maximum Gasteiger partial charge on any atom is 0.267 e. The van der Waals surface area contributed by atoms with Crippen molar-refractivity contribution in [3.63, 3.8) is 0 Å². The predicted octanol–water partition coefficient (Wildman–Crippen LogP) is 2.22. The molecule has 0 aliphatic carbocycles. The number of aromatic nitrogens is 2. The minimum absolute atomic E-state index is 0.0190. The van der Waals surface area contributed by atoms with Crippen LogP contribution in [0.25, 0.3) is 0 Å². The minimum Gasteiger partial charge on any atom is -0.298 e. The largest absolute Gasteiger partial charge is 0.298 e. The Hall–Kier alpha value is -0.640. The average Bonchev–Trinajstić information content (AvgIpc) is 2.13. The van der Waals surface area contributed by atoms with E-state index in [1.54, 1.807) is 10.9 Å². The number of hydrogen-bond acceptors (Lipinski definition) is 2. The van der Waals surface area contributed by atoms with Crippen LogP contribution in [0.1, 0.15) is 26.5 Å². The molecule has 0 amide bonds. The van der Waals surface area contributed by atoms with Crippen LogP contribution in [-0.4, -0.2) is 9.55 Å². The Balaban J connectivity index is 3.11. The highest BCUT2D eigenvalue weighted by atomic mass is 79.9. The molecule has 78 valence electrons. The van der Waals surface area contributed by atoms with Crippen LogP contribution in [0.5, 0.6) is 0 Å². The lowest BCUT2D eigenvalue weighted by Crippen LogP contribution is -2.24. The van der Waals surface area contributed by atoms with Crippen LogP contribution >= 0.6 is 15.9 Å². The van der Waals surface area contributed by atoms with Crippen molar-refractivity contribution in [2.45, 2.75) is 33.7 Å². The van der Waals surface area contributed by atoms with E-state index in [0.29, 0.717) is 16.9 Å². The molecule has 0 atom stereocenters. The van der Waals surface area contributed by atoms with E-state index in [4.69, 9.17) is 0 Å². The summed E-state index contributed by atoms with van der Waals surface area (Å²) in [5.41, 5.74) is 0.848. The van der Waals surface area contributed by atoms with Crippen molar-refractivity contribution in [2.75, 3.05) is 0 Å². The van der Waals surface area contributed by atoms with Crippen molar-refractivity contribution in [3.05, 3.63) is 26.8 Å². The normalized spacial score (nSPS) is 10.9. The first kappa shape index (κ1) is 11.4. The first-order chi connectivity index (χ1) is 6.56. The van der Waals surface area contributed by atoms with Gasteiger partial charge in [0.05, 0.1) is 12.0 Å². The Bertz CT molecular complexity index is 371. The van der Waals surface area contributed by atoms with Crippen molar-refractivity contribution in [2.24, 2.45) is 5.92 Å². The molecular formula is C10H15BrN2O. The fraction of sp³-hybridized carbons (Fsp3) is 0.600. The SMILES string of the molecule is CCc1ncn(CC(C)C)c(=O)c1Br. The van der Waals surface area contributed by atoms with Gasteiger partial charge in [0, 0.05) is 6.54 Å². The van der Waals surface area contributed by atoms with Crippen molar-refractivity contribution in [1.29, 1.82) is 0 Å². The van der Waals surface area contributed by atoms with Crippen molar-refractivity contribution >= 4 is 15.9 Å². The van der Waals surface area contributed by atoms with E-state index >= 15 is 0 Å². The molecule has 1 heterocycles. The molecule has 3 nitrogen and oxygen atoms in total. The van der Waals surface area contributed by atoms with Gasteiger partial charge in [-0.2, -0.15) is 0 Å². The molecule has 1 rings (SSSR count). The van der Waals surface area contributed by atoms with Gasteiger partial charge in [-0.1, -0.05) is 20.8 Å². The highest BCUT2D eigenvalue weighted by molar-refractivity contribution is 9.10. The number of hydrogen-bond donors (Lipinski definition) is 0. The number of rotatable bonds is 3. The Morgan fingerprint density at radius 1 is 1.57 bits per heavy atom. The fourth-order valence-electron chi connectivity index (χ4n) is 1.27. The molecule has 0 unspecified atom stereocenters. The van der Waals surface area contributed by atoms with Gasteiger partial charge in [0.15, 0.2) is 0 Å². The van der Waals surface area contributed by atoms with Crippen LogP contribution in [0.2, 0.25) is 0 Å². The summed E-state index contributed by atoms with van der Waals surface area (Å²) >= 11 is 3.29.